The van der Waals surface area contributed by atoms with Gasteiger partial charge in [0.2, 0.25) is 11.0 Å². The summed E-state index contributed by atoms with van der Waals surface area (Å²) >= 11 is 9.54. The number of halogens is 2. The third-order valence-electron chi connectivity index (χ3n) is 4.41. The van der Waals surface area contributed by atoms with Crippen LogP contribution in [-0.4, -0.2) is 40.8 Å². The maximum Gasteiger partial charge on any atom is 0.224 e. The molecule has 0 spiro atoms. The highest BCUT2D eigenvalue weighted by atomic mass is 79.9. The fraction of sp³-hybridized carbons (Fsp3) is 0.150. The molecule has 2 aromatic carbocycles. The van der Waals surface area contributed by atoms with E-state index in [4.69, 9.17) is 25.8 Å². The highest BCUT2D eigenvalue weighted by Gasteiger charge is 2.15. The normalized spacial score (nSPS) is 10.8. The fourth-order valence-electron chi connectivity index (χ4n) is 3.04. The molecule has 0 saturated carbocycles. The van der Waals surface area contributed by atoms with Gasteiger partial charge in [0.05, 0.1) is 38.7 Å². The number of methoxy groups -OCH3 is 3. The maximum atomic E-state index is 6.10. The minimum absolute atomic E-state index is 0.146. The van der Waals surface area contributed by atoms with E-state index >= 15 is 0 Å². The van der Waals surface area contributed by atoms with Gasteiger partial charge in [0, 0.05) is 22.0 Å². The number of imidazole rings is 1. The van der Waals surface area contributed by atoms with Crippen LogP contribution in [0.25, 0.3) is 16.6 Å². The highest BCUT2D eigenvalue weighted by Crippen LogP contribution is 2.39. The van der Waals surface area contributed by atoms with Gasteiger partial charge in [0.1, 0.15) is 18.0 Å². The van der Waals surface area contributed by atoms with Gasteiger partial charge >= 0.3 is 0 Å². The van der Waals surface area contributed by atoms with Crippen LogP contribution in [0.5, 0.6) is 17.2 Å². The Bertz CT molecular complexity index is 1200. The minimum atomic E-state index is 0.146. The Morgan fingerprint density at radius 2 is 1.73 bits per heavy atom. The molecule has 4 aromatic rings. The van der Waals surface area contributed by atoms with Crippen molar-refractivity contribution >= 4 is 50.1 Å². The Morgan fingerprint density at radius 3 is 2.40 bits per heavy atom. The van der Waals surface area contributed by atoms with Gasteiger partial charge in [-0.3, -0.25) is 0 Å². The van der Waals surface area contributed by atoms with Crippen LogP contribution < -0.4 is 19.5 Å². The average molecular weight is 491 g/mol. The summed E-state index contributed by atoms with van der Waals surface area (Å²) < 4.78 is 19.0. The van der Waals surface area contributed by atoms with Gasteiger partial charge in [-0.2, -0.15) is 4.98 Å². The van der Waals surface area contributed by atoms with Gasteiger partial charge in [-0.25, -0.2) is 9.97 Å². The van der Waals surface area contributed by atoms with Crippen molar-refractivity contribution in [3.8, 4) is 22.9 Å². The van der Waals surface area contributed by atoms with E-state index < -0.39 is 0 Å². The molecular weight excluding hydrogens is 474 g/mol. The maximum absolute atomic E-state index is 6.10. The minimum Gasteiger partial charge on any atom is -0.493 e. The second kappa shape index (κ2) is 8.37. The number of benzene rings is 2. The zero-order valence-electron chi connectivity index (χ0n) is 16.3. The first-order valence-corrected chi connectivity index (χ1v) is 9.93. The smallest absolute Gasteiger partial charge is 0.224 e. The summed E-state index contributed by atoms with van der Waals surface area (Å²) in [6.07, 6.45) is 3.49. The first-order chi connectivity index (χ1) is 14.5. The molecule has 0 bridgehead atoms. The second-order valence-corrected chi connectivity index (χ2v) is 7.43. The lowest BCUT2D eigenvalue weighted by molar-refractivity contribution is 0.324. The predicted octanol–water partition coefficient (Wildman–Crippen LogP) is 5.00. The quantitative estimate of drug-likeness (QED) is 0.381. The topological polar surface area (TPSA) is 83.3 Å². The molecule has 0 aliphatic rings. The van der Waals surface area contributed by atoms with E-state index in [0.717, 1.165) is 21.1 Å². The van der Waals surface area contributed by atoms with Gasteiger partial charge in [0.25, 0.3) is 0 Å². The van der Waals surface area contributed by atoms with Crippen LogP contribution in [0.4, 0.5) is 11.6 Å². The van der Waals surface area contributed by atoms with Gasteiger partial charge in [-0.15, -0.1) is 0 Å². The Labute approximate surface area is 185 Å². The first kappa shape index (κ1) is 20.2. The molecule has 154 valence electrons. The molecule has 4 rings (SSSR count). The van der Waals surface area contributed by atoms with Crippen LogP contribution in [0, 0.1) is 0 Å². The molecule has 0 atom stereocenters. The molecule has 2 heterocycles. The number of fused-ring (bicyclic) bond motifs is 1. The van der Waals surface area contributed by atoms with Crippen molar-refractivity contribution in [3.63, 3.8) is 0 Å². The molecule has 0 unspecified atom stereocenters. The van der Waals surface area contributed by atoms with E-state index in [9.17, 15) is 0 Å². The van der Waals surface area contributed by atoms with Gasteiger partial charge < -0.3 is 24.1 Å². The van der Waals surface area contributed by atoms with Crippen LogP contribution in [0.1, 0.15) is 0 Å². The zero-order chi connectivity index (χ0) is 21.3. The van der Waals surface area contributed by atoms with Crippen LogP contribution in [0.15, 0.2) is 47.3 Å². The number of rotatable bonds is 6. The van der Waals surface area contributed by atoms with Gasteiger partial charge in [0.15, 0.2) is 11.5 Å². The third kappa shape index (κ3) is 3.86. The number of nitrogens with zero attached hydrogens (tertiary/aromatic N) is 4. The summed E-state index contributed by atoms with van der Waals surface area (Å²) in [4.78, 5) is 13.0. The molecule has 0 aliphatic carbocycles. The standard InChI is InChI=1S/C20H17BrClN5O3/c1-28-15-7-12(8-16(29-2)18(15)30-3)27-9-17(23-10-27)25-19-13-5-4-11(21)6-14(13)24-20(22)26-19/h4-10H,1-3H3,(H,24,25,26). The van der Waals surface area contributed by atoms with Crippen LogP contribution >= 0.6 is 27.5 Å². The first-order valence-electron chi connectivity index (χ1n) is 8.76. The van der Waals surface area contributed by atoms with E-state index in [1.54, 1.807) is 27.7 Å². The van der Waals surface area contributed by atoms with Crippen molar-refractivity contribution in [1.29, 1.82) is 0 Å². The molecule has 10 heteroatoms. The Hall–Kier alpha value is -3.04. The zero-order valence-corrected chi connectivity index (χ0v) is 18.7. The van der Waals surface area contributed by atoms with Crippen LogP contribution in [0.3, 0.4) is 0 Å². The number of anilines is 2. The van der Waals surface area contributed by atoms with E-state index in [1.807, 2.05) is 41.1 Å². The molecule has 1 N–H and O–H groups in total. The average Bonchev–Trinajstić information content (AvgIpc) is 3.20. The van der Waals surface area contributed by atoms with Crippen molar-refractivity contribution in [3.05, 3.63) is 52.6 Å². The summed E-state index contributed by atoms with van der Waals surface area (Å²) in [5, 5.41) is 4.18. The molecule has 0 aliphatic heterocycles. The van der Waals surface area contributed by atoms with E-state index in [-0.39, 0.29) is 5.28 Å². The lowest BCUT2D eigenvalue weighted by atomic mass is 10.2. The molecule has 0 saturated heterocycles. The summed E-state index contributed by atoms with van der Waals surface area (Å²) in [5.74, 6) is 2.77. The van der Waals surface area contributed by atoms with E-state index in [0.29, 0.717) is 28.9 Å². The second-order valence-electron chi connectivity index (χ2n) is 6.18. The van der Waals surface area contributed by atoms with Crippen molar-refractivity contribution in [2.75, 3.05) is 26.6 Å². The molecule has 8 nitrogen and oxygen atoms in total. The number of hydrogen-bond acceptors (Lipinski definition) is 7. The summed E-state index contributed by atoms with van der Waals surface area (Å²) in [7, 11) is 4.71. The monoisotopic (exact) mass is 489 g/mol. The predicted molar refractivity (Wildman–Crippen MR) is 119 cm³/mol. The van der Waals surface area contributed by atoms with Crippen LogP contribution in [-0.2, 0) is 0 Å². The molecule has 30 heavy (non-hydrogen) atoms. The summed E-state index contributed by atoms with van der Waals surface area (Å²) in [6.45, 7) is 0. The van der Waals surface area contributed by atoms with Crippen LogP contribution in [0.2, 0.25) is 5.28 Å². The number of aromatic nitrogens is 4. The fourth-order valence-corrected chi connectivity index (χ4v) is 3.56. The van der Waals surface area contributed by atoms with Crippen molar-refractivity contribution in [1.82, 2.24) is 19.5 Å². The number of ether oxygens (including phenoxy) is 3. The SMILES string of the molecule is COc1cc(-n2cnc(Nc3nc(Cl)nc4cc(Br)ccc34)c2)cc(OC)c1OC. The number of hydrogen-bond donors (Lipinski definition) is 1. The van der Waals surface area contributed by atoms with Gasteiger partial charge in [-0.1, -0.05) is 15.9 Å². The lowest BCUT2D eigenvalue weighted by Crippen LogP contribution is -1.99. The van der Waals surface area contributed by atoms with Crippen molar-refractivity contribution in [2.45, 2.75) is 0 Å². The molecular formula is C20H17BrClN5O3. The van der Waals surface area contributed by atoms with Gasteiger partial charge in [-0.05, 0) is 29.8 Å². The van der Waals surface area contributed by atoms with E-state index in [1.165, 1.54) is 0 Å². The molecule has 0 fully saturated rings. The summed E-state index contributed by atoms with van der Waals surface area (Å²) in [5.41, 5.74) is 1.51. The Balaban J connectivity index is 1.70. The molecule has 0 radical (unpaired) electrons. The van der Waals surface area contributed by atoms with E-state index in [2.05, 4.69) is 36.2 Å². The lowest BCUT2D eigenvalue weighted by Gasteiger charge is -2.14. The Kier molecular flexibility index (Phi) is 5.65. The number of nitrogens with one attached hydrogen (secondary N) is 1. The molecule has 0 amide bonds. The third-order valence-corrected chi connectivity index (χ3v) is 5.07. The van der Waals surface area contributed by atoms with Crippen molar-refractivity contribution < 1.29 is 14.2 Å². The largest absolute Gasteiger partial charge is 0.493 e. The molecule has 2 aromatic heterocycles. The Morgan fingerprint density at radius 1 is 1.00 bits per heavy atom. The summed E-state index contributed by atoms with van der Waals surface area (Å²) in [6, 6.07) is 9.37. The van der Waals surface area contributed by atoms with Crippen molar-refractivity contribution in [2.24, 2.45) is 0 Å². The highest BCUT2D eigenvalue weighted by molar-refractivity contribution is 9.10.